The van der Waals surface area contributed by atoms with Gasteiger partial charge in [0.05, 0.1) is 31.5 Å². The van der Waals surface area contributed by atoms with Crippen LogP contribution in [0.1, 0.15) is 16.3 Å². The second-order valence-corrected chi connectivity index (χ2v) is 6.35. The standard InChI is InChI=1S/C17H24N4O2S.HI/c1-12-20-14(11-24-12)10-21(3)17(18-2)19-9-13-6-7-15(22-4)8-16(13)23-5;/h6-8,11H,9-10H2,1-5H3,(H,18,19);1H. The number of aliphatic imine (C=N–C) groups is 1. The van der Waals surface area contributed by atoms with Gasteiger partial charge in [0.1, 0.15) is 11.5 Å². The minimum absolute atomic E-state index is 0. The van der Waals surface area contributed by atoms with E-state index in [-0.39, 0.29) is 24.0 Å². The van der Waals surface area contributed by atoms with Crippen molar-refractivity contribution in [1.82, 2.24) is 15.2 Å². The van der Waals surface area contributed by atoms with Crippen LogP contribution in [0.3, 0.4) is 0 Å². The van der Waals surface area contributed by atoms with E-state index in [2.05, 4.69) is 20.7 Å². The van der Waals surface area contributed by atoms with Crippen LogP contribution < -0.4 is 14.8 Å². The maximum Gasteiger partial charge on any atom is 0.194 e. The minimum Gasteiger partial charge on any atom is -0.497 e. The van der Waals surface area contributed by atoms with E-state index < -0.39 is 0 Å². The van der Waals surface area contributed by atoms with Crippen LogP contribution in [0.4, 0.5) is 0 Å². The van der Waals surface area contributed by atoms with Crippen molar-refractivity contribution in [2.75, 3.05) is 28.3 Å². The molecular weight excluding hydrogens is 451 g/mol. The quantitative estimate of drug-likeness (QED) is 0.394. The topological polar surface area (TPSA) is 59.0 Å². The number of rotatable bonds is 6. The van der Waals surface area contributed by atoms with Gasteiger partial charge in [-0.3, -0.25) is 4.99 Å². The van der Waals surface area contributed by atoms with Gasteiger partial charge in [0.2, 0.25) is 0 Å². The number of nitrogens with one attached hydrogen (secondary N) is 1. The molecule has 1 N–H and O–H groups in total. The fraction of sp³-hybridized carbons (Fsp3) is 0.412. The number of guanidine groups is 1. The van der Waals surface area contributed by atoms with Crippen molar-refractivity contribution in [2.24, 2.45) is 4.99 Å². The normalized spacial score (nSPS) is 10.8. The summed E-state index contributed by atoms with van der Waals surface area (Å²) in [6.45, 7) is 3.33. The van der Waals surface area contributed by atoms with Crippen LogP contribution in [0, 0.1) is 6.92 Å². The Balaban J connectivity index is 0.00000312. The van der Waals surface area contributed by atoms with E-state index in [0.29, 0.717) is 13.1 Å². The molecule has 0 saturated carbocycles. The van der Waals surface area contributed by atoms with Crippen LogP contribution in [0.25, 0.3) is 0 Å². The van der Waals surface area contributed by atoms with Crippen molar-refractivity contribution in [2.45, 2.75) is 20.0 Å². The summed E-state index contributed by atoms with van der Waals surface area (Å²) in [5.41, 5.74) is 2.09. The first-order valence-electron chi connectivity index (χ1n) is 7.61. The molecule has 0 fully saturated rings. The molecule has 0 amide bonds. The number of halogens is 1. The highest BCUT2D eigenvalue weighted by molar-refractivity contribution is 14.0. The number of aryl methyl sites for hydroxylation is 1. The second kappa shape index (κ2) is 10.4. The molecule has 0 aliphatic heterocycles. The van der Waals surface area contributed by atoms with Gasteiger partial charge in [-0.1, -0.05) is 0 Å². The number of thiazole rings is 1. The molecule has 8 heteroatoms. The third-order valence-electron chi connectivity index (χ3n) is 3.57. The predicted octanol–water partition coefficient (Wildman–Crippen LogP) is 3.29. The van der Waals surface area contributed by atoms with Crippen molar-refractivity contribution in [3.8, 4) is 11.5 Å². The van der Waals surface area contributed by atoms with Gasteiger partial charge in [0.25, 0.3) is 0 Å². The molecule has 0 radical (unpaired) electrons. The first-order valence-corrected chi connectivity index (χ1v) is 8.49. The van der Waals surface area contributed by atoms with Crippen molar-refractivity contribution in [3.63, 3.8) is 0 Å². The first kappa shape index (κ1) is 21.5. The van der Waals surface area contributed by atoms with Crippen molar-refractivity contribution in [1.29, 1.82) is 0 Å². The lowest BCUT2D eigenvalue weighted by atomic mass is 10.2. The summed E-state index contributed by atoms with van der Waals surface area (Å²) in [4.78, 5) is 10.9. The zero-order chi connectivity index (χ0) is 17.5. The minimum atomic E-state index is 0. The summed E-state index contributed by atoms with van der Waals surface area (Å²) in [5.74, 6) is 2.37. The first-order chi connectivity index (χ1) is 11.6. The summed E-state index contributed by atoms with van der Waals surface area (Å²) in [5, 5.41) is 6.50. The molecule has 25 heavy (non-hydrogen) atoms. The lowest BCUT2D eigenvalue weighted by Crippen LogP contribution is -2.38. The highest BCUT2D eigenvalue weighted by Crippen LogP contribution is 2.24. The van der Waals surface area contributed by atoms with Crippen LogP contribution >= 0.6 is 35.3 Å². The predicted molar refractivity (Wildman–Crippen MR) is 113 cm³/mol. The number of hydrogen-bond acceptors (Lipinski definition) is 5. The molecule has 1 aromatic heterocycles. The van der Waals surface area contributed by atoms with Crippen LogP contribution in [-0.4, -0.2) is 44.2 Å². The van der Waals surface area contributed by atoms with E-state index in [1.54, 1.807) is 32.6 Å². The maximum atomic E-state index is 5.43. The van der Waals surface area contributed by atoms with Crippen LogP contribution in [0.5, 0.6) is 11.5 Å². The van der Waals surface area contributed by atoms with E-state index in [4.69, 9.17) is 9.47 Å². The van der Waals surface area contributed by atoms with Gasteiger partial charge in [-0.05, 0) is 19.1 Å². The van der Waals surface area contributed by atoms with Gasteiger partial charge in [0.15, 0.2) is 5.96 Å². The molecule has 6 nitrogen and oxygen atoms in total. The Morgan fingerprint density at radius 1 is 1.32 bits per heavy atom. The average Bonchev–Trinajstić information content (AvgIpc) is 3.00. The summed E-state index contributed by atoms with van der Waals surface area (Å²) in [6.07, 6.45) is 0. The molecule has 0 bridgehead atoms. The SMILES string of the molecule is CN=C(NCc1ccc(OC)cc1OC)N(C)Cc1csc(C)n1.I. The fourth-order valence-electron chi connectivity index (χ4n) is 2.36. The number of methoxy groups -OCH3 is 2. The number of benzene rings is 1. The summed E-state index contributed by atoms with van der Waals surface area (Å²) >= 11 is 1.66. The zero-order valence-corrected chi connectivity index (χ0v) is 18.3. The largest absolute Gasteiger partial charge is 0.497 e. The fourth-order valence-corrected chi connectivity index (χ4v) is 2.96. The van der Waals surface area contributed by atoms with Crippen LogP contribution in [0.15, 0.2) is 28.6 Å². The Labute approximate surface area is 170 Å². The zero-order valence-electron chi connectivity index (χ0n) is 15.2. The van der Waals surface area contributed by atoms with Crippen LogP contribution in [-0.2, 0) is 13.1 Å². The van der Waals surface area contributed by atoms with Gasteiger partial charge in [0, 0.05) is 37.6 Å². The highest BCUT2D eigenvalue weighted by atomic mass is 127. The molecule has 0 spiro atoms. The summed E-state index contributed by atoms with van der Waals surface area (Å²) in [6, 6.07) is 5.79. The molecule has 0 atom stereocenters. The van der Waals surface area contributed by atoms with Gasteiger partial charge in [-0.2, -0.15) is 0 Å². The van der Waals surface area contributed by atoms with Gasteiger partial charge < -0.3 is 19.7 Å². The molecule has 2 rings (SSSR count). The molecule has 1 heterocycles. The number of aromatic nitrogens is 1. The lowest BCUT2D eigenvalue weighted by Gasteiger charge is -2.21. The van der Waals surface area contributed by atoms with Gasteiger partial charge >= 0.3 is 0 Å². The lowest BCUT2D eigenvalue weighted by molar-refractivity contribution is 0.390. The second-order valence-electron chi connectivity index (χ2n) is 5.29. The van der Waals surface area contributed by atoms with Crippen molar-refractivity contribution in [3.05, 3.63) is 39.8 Å². The Kier molecular flexibility index (Phi) is 8.98. The number of nitrogens with zero attached hydrogens (tertiary/aromatic N) is 3. The average molecular weight is 476 g/mol. The molecule has 0 saturated heterocycles. The van der Waals surface area contributed by atoms with E-state index in [1.807, 2.05) is 37.1 Å². The third kappa shape index (κ3) is 6.03. The van der Waals surface area contributed by atoms with E-state index >= 15 is 0 Å². The van der Waals surface area contributed by atoms with Crippen LogP contribution in [0.2, 0.25) is 0 Å². The monoisotopic (exact) mass is 476 g/mol. The molecule has 138 valence electrons. The Morgan fingerprint density at radius 3 is 2.64 bits per heavy atom. The number of ether oxygens (including phenoxy) is 2. The molecule has 1 aromatic carbocycles. The molecule has 0 unspecified atom stereocenters. The third-order valence-corrected chi connectivity index (χ3v) is 4.39. The Hall–Kier alpha value is -1.55. The molecule has 0 aliphatic carbocycles. The van der Waals surface area contributed by atoms with Gasteiger partial charge in [-0.25, -0.2) is 4.98 Å². The molecule has 2 aromatic rings. The summed E-state index contributed by atoms with van der Waals surface area (Å²) in [7, 11) is 7.07. The summed E-state index contributed by atoms with van der Waals surface area (Å²) < 4.78 is 10.7. The smallest absolute Gasteiger partial charge is 0.194 e. The Bertz CT molecular complexity index is 706. The van der Waals surface area contributed by atoms with Gasteiger partial charge in [-0.15, -0.1) is 35.3 Å². The molecule has 0 aliphatic rings. The van der Waals surface area contributed by atoms with Crippen molar-refractivity contribution >= 4 is 41.3 Å². The maximum absolute atomic E-state index is 5.43. The van der Waals surface area contributed by atoms with E-state index in [9.17, 15) is 0 Å². The van der Waals surface area contributed by atoms with E-state index in [1.165, 1.54) is 0 Å². The Morgan fingerprint density at radius 2 is 2.08 bits per heavy atom. The van der Waals surface area contributed by atoms with E-state index in [0.717, 1.165) is 33.7 Å². The number of hydrogen-bond donors (Lipinski definition) is 1. The van der Waals surface area contributed by atoms with Crippen molar-refractivity contribution < 1.29 is 9.47 Å². The highest BCUT2D eigenvalue weighted by Gasteiger charge is 2.10. The molecular formula is C17H25IN4O2S.